The zero-order chi connectivity index (χ0) is 33.3. The molecule has 2 aliphatic rings. The Morgan fingerprint density at radius 2 is 0.841 bits per heavy atom. The standard InChI is InChI=1S/C26H36O18/c1-10(27)35-8-18-20(38-12(3)29)22(40-14(5)31)24(42-16(7)33)26(44-18)36-9-17-19(37-11(2)28)21(39-13(4)30)23(25(34)43-17)41-15(6)32/h17-26,34H,8-9H2,1-7H3/t17-,18-,19-,20-,21+,22+,23-,24+,25-,26-/m1/s1. The van der Waals surface area contributed by atoms with Crippen LogP contribution < -0.4 is 0 Å². The Kier molecular flexibility index (Phi) is 13.4. The van der Waals surface area contributed by atoms with E-state index in [1.54, 1.807) is 0 Å². The second kappa shape index (κ2) is 16.3. The van der Waals surface area contributed by atoms with Crippen molar-refractivity contribution in [2.45, 2.75) is 110 Å². The van der Waals surface area contributed by atoms with E-state index in [1.807, 2.05) is 0 Å². The molecular weight excluding hydrogens is 600 g/mol. The van der Waals surface area contributed by atoms with Gasteiger partial charge in [0.2, 0.25) is 0 Å². The van der Waals surface area contributed by atoms with Gasteiger partial charge < -0.3 is 52.5 Å². The Bertz CT molecular complexity index is 1090. The van der Waals surface area contributed by atoms with Crippen LogP contribution in [0, 0.1) is 0 Å². The van der Waals surface area contributed by atoms with Gasteiger partial charge in [-0.1, -0.05) is 0 Å². The van der Waals surface area contributed by atoms with Crippen LogP contribution in [0.5, 0.6) is 0 Å². The van der Waals surface area contributed by atoms with Gasteiger partial charge in [-0.25, -0.2) is 0 Å². The number of hydrogen-bond acceptors (Lipinski definition) is 18. The van der Waals surface area contributed by atoms with Crippen molar-refractivity contribution in [2.24, 2.45) is 0 Å². The van der Waals surface area contributed by atoms with E-state index >= 15 is 0 Å². The van der Waals surface area contributed by atoms with Gasteiger partial charge in [0.05, 0.1) is 6.61 Å². The highest BCUT2D eigenvalue weighted by molar-refractivity contribution is 5.69. The van der Waals surface area contributed by atoms with Crippen LogP contribution in [0.1, 0.15) is 48.5 Å². The molecule has 0 aliphatic carbocycles. The van der Waals surface area contributed by atoms with Crippen LogP contribution in [0.15, 0.2) is 0 Å². The van der Waals surface area contributed by atoms with Crippen LogP contribution in [-0.4, -0.2) is 122 Å². The van der Waals surface area contributed by atoms with Crippen molar-refractivity contribution >= 4 is 41.8 Å². The lowest BCUT2D eigenvalue weighted by Crippen LogP contribution is -2.64. The van der Waals surface area contributed by atoms with Crippen molar-refractivity contribution in [1.29, 1.82) is 0 Å². The Morgan fingerprint density at radius 1 is 0.477 bits per heavy atom. The van der Waals surface area contributed by atoms with E-state index in [9.17, 15) is 38.7 Å². The Balaban J connectivity index is 2.48. The quantitative estimate of drug-likeness (QED) is 0.203. The third kappa shape index (κ3) is 10.7. The van der Waals surface area contributed by atoms with Gasteiger partial charge in [0.1, 0.15) is 18.8 Å². The van der Waals surface area contributed by atoms with Crippen molar-refractivity contribution in [3.8, 4) is 0 Å². The molecule has 0 aromatic carbocycles. The van der Waals surface area contributed by atoms with E-state index in [0.29, 0.717) is 0 Å². The van der Waals surface area contributed by atoms with Gasteiger partial charge in [-0.15, -0.1) is 0 Å². The molecule has 0 aromatic heterocycles. The molecule has 18 nitrogen and oxygen atoms in total. The Labute approximate surface area is 251 Å². The predicted octanol–water partition coefficient (Wildman–Crippen LogP) is -1.40. The highest BCUT2D eigenvalue weighted by Gasteiger charge is 2.55. The van der Waals surface area contributed by atoms with E-state index < -0.39 is 116 Å². The fourth-order valence-electron chi connectivity index (χ4n) is 4.52. The van der Waals surface area contributed by atoms with Gasteiger partial charge >= 0.3 is 41.8 Å². The molecule has 0 amide bonds. The second-order valence-corrected chi connectivity index (χ2v) is 9.69. The number of ether oxygens (including phenoxy) is 10. The highest BCUT2D eigenvalue weighted by atomic mass is 16.7. The van der Waals surface area contributed by atoms with Gasteiger partial charge in [0, 0.05) is 48.5 Å². The maximum absolute atomic E-state index is 12.1. The average molecular weight is 637 g/mol. The first-order valence-corrected chi connectivity index (χ1v) is 13.3. The summed E-state index contributed by atoms with van der Waals surface area (Å²) in [4.78, 5) is 83.0. The van der Waals surface area contributed by atoms with E-state index in [2.05, 4.69) is 0 Å². The lowest BCUT2D eigenvalue weighted by Gasteiger charge is -2.45. The first kappa shape index (κ1) is 36.3. The molecule has 10 atom stereocenters. The van der Waals surface area contributed by atoms with Crippen LogP contribution in [0.2, 0.25) is 0 Å². The number of carbonyl (C=O) groups excluding carboxylic acids is 7. The SMILES string of the molecule is CC(=O)OC[C@H]1O[C@@H](OC[C@H]2O[C@@H](O)[C@H](OC(C)=O)[C@@H](OC(C)=O)[C@@H]2OC(C)=O)[C@@H](OC(C)=O)[C@@H](OC(C)=O)[C@@H]1OC(C)=O. The normalized spacial score (nSPS) is 31.5. The molecule has 0 radical (unpaired) electrons. The van der Waals surface area contributed by atoms with Gasteiger partial charge in [0.15, 0.2) is 49.2 Å². The Hall–Kier alpha value is -3.87. The molecule has 0 bridgehead atoms. The first-order chi connectivity index (χ1) is 20.5. The van der Waals surface area contributed by atoms with Gasteiger partial charge in [-0.3, -0.25) is 33.6 Å². The van der Waals surface area contributed by atoms with Crippen molar-refractivity contribution in [3.63, 3.8) is 0 Å². The fourth-order valence-corrected chi connectivity index (χ4v) is 4.52. The highest BCUT2D eigenvalue weighted by Crippen LogP contribution is 2.32. The molecule has 248 valence electrons. The molecular formula is C26H36O18. The zero-order valence-corrected chi connectivity index (χ0v) is 25.1. The number of aliphatic hydroxyl groups is 1. The van der Waals surface area contributed by atoms with Gasteiger partial charge in [-0.2, -0.15) is 0 Å². The molecule has 18 heteroatoms. The summed E-state index contributed by atoms with van der Waals surface area (Å²) in [5.41, 5.74) is 0. The van der Waals surface area contributed by atoms with Crippen LogP contribution in [0.25, 0.3) is 0 Å². The van der Waals surface area contributed by atoms with E-state index in [-0.39, 0.29) is 0 Å². The van der Waals surface area contributed by atoms with E-state index in [4.69, 9.17) is 47.4 Å². The topological polar surface area (TPSA) is 232 Å². The maximum atomic E-state index is 12.1. The number of esters is 7. The van der Waals surface area contributed by atoms with Crippen LogP contribution in [-0.2, 0) is 80.9 Å². The summed E-state index contributed by atoms with van der Waals surface area (Å²) < 4.78 is 53.7. The lowest BCUT2D eigenvalue weighted by molar-refractivity contribution is -0.330. The molecule has 0 saturated carbocycles. The molecule has 0 unspecified atom stereocenters. The monoisotopic (exact) mass is 636 g/mol. The number of rotatable bonds is 11. The molecule has 0 aromatic rings. The molecule has 2 heterocycles. The molecule has 44 heavy (non-hydrogen) atoms. The molecule has 2 rings (SSSR count). The number of aliphatic hydroxyl groups excluding tert-OH is 1. The zero-order valence-electron chi connectivity index (χ0n) is 25.1. The summed E-state index contributed by atoms with van der Waals surface area (Å²) in [6, 6.07) is 0. The minimum absolute atomic E-state index is 0.523. The van der Waals surface area contributed by atoms with Crippen LogP contribution in [0.3, 0.4) is 0 Å². The minimum Gasteiger partial charge on any atom is -0.463 e. The second-order valence-electron chi connectivity index (χ2n) is 9.69. The molecule has 2 fully saturated rings. The number of hydrogen-bond donors (Lipinski definition) is 1. The fraction of sp³-hybridized carbons (Fsp3) is 0.731. The summed E-state index contributed by atoms with van der Waals surface area (Å²) >= 11 is 0. The third-order valence-electron chi connectivity index (χ3n) is 5.89. The van der Waals surface area contributed by atoms with Crippen molar-refractivity contribution in [2.75, 3.05) is 13.2 Å². The van der Waals surface area contributed by atoms with E-state index in [0.717, 1.165) is 48.5 Å². The average Bonchev–Trinajstić information content (AvgIpc) is 2.87. The predicted molar refractivity (Wildman–Crippen MR) is 135 cm³/mol. The van der Waals surface area contributed by atoms with Crippen molar-refractivity contribution in [3.05, 3.63) is 0 Å². The van der Waals surface area contributed by atoms with Crippen molar-refractivity contribution < 1.29 is 86.0 Å². The third-order valence-corrected chi connectivity index (χ3v) is 5.89. The Morgan fingerprint density at radius 3 is 1.27 bits per heavy atom. The summed E-state index contributed by atoms with van der Waals surface area (Å²) in [6.07, 6.45) is -15.6. The summed E-state index contributed by atoms with van der Waals surface area (Å²) in [6.45, 7) is 6.15. The minimum atomic E-state index is -1.90. The first-order valence-electron chi connectivity index (χ1n) is 13.3. The molecule has 1 N–H and O–H groups in total. The summed E-state index contributed by atoms with van der Waals surface area (Å²) in [7, 11) is 0. The van der Waals surface area contributed by atoms with Crippen LogP contribution >= 0.6 is 0 Å². The largest absolute Gasteiger partial charge is 0.463 e. The maximum Gasteiger partial charge on any atom is 0.303 e. The molecule has 0 spiro atoms. The van der Waals surface area contributed by atoms with Crippen LogP contribution in [0.4, 0.5) is 0 Å². The smallest absolute Gasteiger partial charge is 0.303 e. The lowest BCUT2D eigenvalue weighted by atomic mass is 9.97. The van der Waals surface area contributed by atoms with Gasteiger partial charge in [0.25, 0.3) is 0 Å². The van der Waals surface area contributed by atoms with Gasteiger partial charge in [-0.05, 0) is 0 Å². The number of carbonyl (C=O) groups is 7. The molecule has 2 aliphatic heterocycles. The summed E-state index contributed by atoms with van der Waals surface area (Å²) in [5.74, 6) is -5.94. The molecule has 2 saturated heterocycles. The van der Waals surface area contributed by atoms with E-state index in [1.165, 1.54) is 0 Å². The summed E-state index contributed by atoms with van der Waals surface area (Å²) in [5, 5.41) is 10.6. The van der Waals surface area contributed by atoms with Crippen molar-refractivity contribution in [1.82, 2.24) is 0 Å².